The minimum Gasteiger partial charge on any atom is -0.462 e. The smallest absolute Gasteiger partial charge is 0.343 e. The second-order valence-corrected chi connectivity index (χ2v) is 6.58. The van der Waals surface area contributed by atoms with Crippen molar-refractivity contribution in [1.82, 2.24) is 0 Å². The summed E-state index contributed by atoms with van der Waals surface area (Å²) in [6, 6.07) is 21.3. The molecule has 0 fully saturated rings. The molecule has 160 valence electrons. The van der Waals surface area contributed by atoms with Gasteiger partial charge in [0.25, 0.3) is 0 Å². The summed E-state index contributed by atoms with van der Waals surface area (Å²) in [4.78, 5) is 34.0. The van der Waals surface area contributed by atoms with Gasteiger partial charge in [0.2, 0.25) is 0 Å². The lowest BCUT2D eigenvalue weighted by Gasteiger charge is -2.08. The molecule has 0 aliphatic rings. The van der Waals surface area contributed by atoms with Gasteiger partial charge in [-0.25, -0.2) is 19.4 Å². The van der Waals surface area contributed by atoms with Crippen molar-refractivity contribution in [2.45, 2.75) is 20.5 Å². The fraction of sp³-hybridized carbons (Fsp3) is 0.200. The Morgan fingerprint density at radius 2 is 1.19 bits per heavy atom. The van der Waals surface area contributed by atoms with Crippen molar-refractivity contribution in [3.05, 3.63) is 89.5 Å². The monoisotopic (exact) mass is 420 g/mol. The number of esters is 2. The zero-order valence-electron chi connectivity index (χ0n) is 17.5. The van der Waals surface area contributed by atoms with Crippen molar-refractivity contribution in [1.29, 1.82) is 0 Å². The Kier molecular flexibility index (Phi) is 7.92. The van der Waals surface area contributed by atoms with Gasteiger partial charge in [-0.15, -0.1) is 0 Å². The van der Waals surface area contributed by atoms with Crippen LogP contribution >= 0.6 is 0 Å². The minimum absolute atomic E-state index is 0.311. The maximum absolute atomic E-state index is 12.4. The van der Waals surface area contributed by atoms with Crippen molar-refractivity contribution >= 4 is 11.9 Å². The van der Waals surface area contributed by atoms with Gasteiger partial charge >= 0.3 is 11.9 Å². The second kappa shape index (κ2) is 11.1. The van der Waals surface area contributed by atoms with Gasteiger partial charge in [-0.05, 0) is 66.9 Å². The summed E-state index contributed by atoms with van der Waals surface area (Å²) in [6.07, 6.45) is 0. The molecular weight excluding hydrogens is 396 g/mol. The van der Waals surface area contributed by atoms with E-state index in [0.717, 1.165) is 16.7 Å². The van der Waals surface area contributed by atoms with Gasteiger partial charge in [0.15, 0.2) is 0 Å². The number of hydrogen-bond donors (Lipinski definition) is 0. The lowest BCUT2D eigenvalue weighted by Crippen LogP contribution is -2.08. The summed E-state index contributed by atoms with van der Waals surface area (Å²) < 4.78 is 10.4. The third-order valence-electron chi connectivity index (χ3n) is 4.41. The Labute approximate surface area is 181 Å². The van der Waals surface area contributed by atoms with Crippen molar-refractivity contribution in [3.63, 3.8) is 0 Å². The standard InChI is InChI=1S/C25H24O6/c1-3-28-24(26)21-11-9-19(10-12-21)20-13-15-23(16-14-20)31-25(27)22-7-5-18(6-8-22)17-30-29-4-2/h5-16H,3-4,17H2,1-2H3. The number of benzene rings is 3. The number of carbonyl (C=O) groups excluding carboxylic acids is 2. The fourth-order valence-corrected chi connectivity index (χ4v) is 2.82. The normalized spacial score (nSPS) is 10.5. The summed E-state index contributed by atoms with van der Waals surface area (Å²) in [6.45, 7) is 4.74. The molecule has 6 heteroatoms. The maximum Gasteiger partial charge on any atom is 0.343 e. The molecule has 0 aromatic heterocycles. The Balaban J connectivity index is 1.60. The van der Waals surface area contributed by atoms with Crippen LogP contribution in [0.5, 0.6) is 5.75 Å². The molecular formula is C25H24O6. The summed E-state index contributed by atoms with van der Waals surface area (Å²) in [5, 5.41) is 0. The molecule has 3 aromatic carbocycles. The Morgan fingerprint density at radius 3 is 1.77 bits per heavy atom. The van der Waals surface area contributed by atoms with E-state index in [1.54, 1.807) is 55.5 Å². The fourth-order valence-electron chi connectivity index (χ4n) is 2.82. The van der Waals surface area contributed by atoms with Crippen LogP contribution in [0.15, 0.2) is 72.8 Å². The van der Waals surface area contributed by atoms with Crippen molar-refractivity contribution in [3.8, 4) is 16.9 Å². The zero-order valence-corrected chi connectivity index (χ0v) is 17.5. The molecule has 0 bridgehead atoms. The molecule has 0 radical (unpaired) electrons. The average Bonchev–Trinajstić information content (AvgIpc) is 2.80. The van der Waals surface area contributed by atoms with Gasteiger partial charge in [0.05, 0.1) is 24.3 Å². The van der Waals surface area contributed by atoms with Gasteiger partial charge in [-0.1, -0.05) is 36.4 Å². The van der Waals surface area contributed by atoms with Gasteiger partial charge in [0, 0.05) is 0 Å². The van der Waals surface area contributed by atoms with Crippen molar-refractivity contribution in [2.75, 3.05) is 13.2 Å². The van der Waals surface area contributed by atoms with Crippen LogP contribution in [0.2, 0.25) is 0 Å². The Morgan fingerprint density at radius 1 is 0.645 bits per heavy atom. The first-order valence-corrected chi connectivity index (χ1v) is 10.0. The number of hydrogen-bond acceptors (Lipinski definition) is 6. The number of ether oxygens (including phenoxy) is 2. The highest BCUT2D eigenvalue weighted by atomic mass is 17.2. The predicted octanol–water partition coefficient (Wildman–Crippen LogP) is 5.22. The lowest BCUT2D eigenvalue weighted by molar-refractivity contribution is -0.300. The minimum atomic E-state index is -0.441. The van der Waals surface area contributed by atoms with Gasteiger partial charge in [0.1, 0.15) is 12.4 Å². The van der Waals surface area contributed by atoms with Crippen LogP contribution in [-0.2, 0) is 21.1 Å². The average molecular weight is 420 g/mol. The van der Waals surface area contributed by atoms with Crippen LogP contribution in [0.1, 0.15) is 40.1 Å². The van der Waals surface area contributed by atoms with E-state index in [0.29, 0.717) is 36.7 Å². The molecule has 0 aliphatic carbocycles. The molecule has 0 atom stereocenters. The van der Waals surface area contributed by atoms with E-state index >= 15 is 0 Å². The summed E-state index contributed by atoms with van der Waals surface area (Å²) >= 11 is 0. The number of rotatable bonds is 9. The quantitative estimate of drug-likeness (QED) is 0.155. The second-order valence-electron chi connectivity index (χ2n) is 6.58. The molecule has 0 aliphatic heterocycles. The lowest BCUT2D eigenvalue weighted by atomic mass is 10.0. The van der Waals surface area contributed by atoms with E-state index in [9.17, 15) is 9.59 Å². The molecule has 3 rings (SSSR count). The third kappa shape index (κ3) is 6.25. The molecule has 0 heterocycles. The highest BCUT2D eigenvalue weighted by molar-refractivity contribution is 5.91. The molecule has 0 spiro atoms. The first-order valence-electron chi connectivity index (χ1n) is 10.0. The number of carbonyl (C=O) groups is 2. The van der Waals surface area contributed by atoms with Crippen LogP contribution in [0, 0.1) is 0 Å². The first kappa shape index (κ1) is 22.2. The maximum atomic E-state index is 12.4. The van der Waals surface area contributed by atoms with Crippen LogP contribution in [0.25, 0.3) is 11.1 Å². The van der Waals surface area contributed by atoms with Crippen LogP contribution < -0.4 is 4.74 Å². The van der Waals surface area contributed by atoms with E-state index in [-0.39, 0.29) is 5.97 Å². The van der Waals surface area contributed by atoms with Crippen LogP contribution in [-0.4, -0.2) is 25.2 Å². The van der Waals surface area contributed by atoms with Crippen LogP contribution in [0.3, 0.4) is 0 Å². The highest BCUT2D eigenvalue weighted by Gasteiger charge is 2.10. The van der Waals surface area contributed by atoms with Gasteiger partial charge in [-0.2, -0.15) is 0 Å². The molecule has 0 amide bonds. The van der Waals surface area contributed by atoms with Crippen molar-refractivity contribution < 1.29 is 28.8 Å². The third-order valence-corrected chi connectivity index (χ3v) is 4.41. The van der Waals surface area contributed by atoms with Gasteiger partial charge < -0.3 is 9.47 Å². The molecule has 0 unspecified atom stereocenters. The topological polar surface area (TPSA) is 71.1 Å². The Bertz CT molecular complexity index is 992. The van der Waals surface area contributed by atoms with E-state index in [1.165, 1.54) is 0 Å². The summed E-state index contributed by atoms with van der Waals surface area (Å²) in [5.74, 6) is -0.337. The van der Waals surface area contributed by atoms with E-state index in [2.05, 4.69) is 0 Å². The van der Waals surface area contributed by atoms with E-state index < -0.39 is 5.97 Å². The molecule has 3 aromatic rings. The molecule has 0 saturated heterocycles. The highest BCUT2D eigenvalue weighted by Crippen LogP contribution is 2.23. The van der Waals surface area contributed by atoms with Crippen LogP contribution in [0.4, 0.5) is 0 Å². The zero-order chi connectivity index (χ0) is 22.1. The van der Waals surface area contributed by atoms with Crippen molar-refractivity contribution in [2.24, 2.45) is 0 Å². The molecule has 6 nitrogen and oxygen atoms in total. The molecule has 31 heavy (non-hydrogen) atoms. The largest absolute Gasteiger partial charge is 0.462 e. The molecule has 0 saturated carbocycles. The molecule has 0 N–H and O–H groups in total. The van der Waals surface area contributed by atoms with E-state index in [4.69, 9.17) is 19.2 Å². The SMILES string of the molecule is CCOOCc1ccc(C(=O)Oc2ccc(-c3ccc(C(=O)OCC)cc3)cc2)cc1. The predicted molar refractivity (Wildman–Crippen MR) is 116 cm³/mol. The first-order chi connectivity index (χ1) is 15.1. The Hall–Kier alpha value is -3.48. The summed E-state index contributed by atoms with van der Waals surface area (Å²) in [7, 11) is 0. The van der Waals surface area contributed by atoms with E-state index in [1.807, 2.05) is 31.2 Å². The summed E-state index contributed by atoms with van der Waals surface area (Å²) in [5.41, 5.74) is 3.72. The van der Waals surface area contributed by atoms with Gasteiger partial charge in [-0.3, -0.25) is 0 Å².